The second-order valence-electron chi connectivity index (χ2n) is 4.95. The average molecular weight is 362 g/mol. The minimum atomic E-state index is -0.481. The molecule has 24 heavy (non-hydrogen) atoms. The number of anilines is 1. The van der Waals surface area contributed by atoms with Crippen LogP contribution in [0, 0.1) is 0 Å². The first-order chi connectivity index (χ1) is 11.5. The number of nitrogens with one attached hydrogen (secondary N) is 2. The van der Waals surface area contributed by atoms with E-state index in [9.17, 15) is 14.4 Å². The molecule has 1 saturated heterocycles. The Bertz CT molecular complexity index is 816. The van der Waals surface area contributed by atoms with Crippen molar-refractivity contribution in [3.05, 3.63) is 58.2 Å². The molecule has 6 nitrogen and oxygen atoms in total. The Labute approximate surface area is 146 Å². The van der Waals surface area contributed by atoms with E-state index in [-0.39, 0.29) is 11.4 Å². The first-order valence-electron chi connectivity index (χ1n) is 6.97. The molecule has 3 amide bonds. The highest BCUT2D eigenvalue weighted by Gasteiger charge is 2.36. The quantitative estimate of drug-likeness (QED) is 0.818. The van der Waals surface area contributed by atoms with Gasteiger partial charge in [-0.15, -0.1) is 0 Å². The number of carbonyl (C=O) groups excluding carboxylic acids is 3. The number of hydrogen-bond acceptors (Lipinski definition) is 4. The van der Waals surface area contributed by atoms with E-state index in [1.54, 1.807) is 48.7 Å². The lowest BCUT2D eigenvalue weighted by atomic mass is 10.3. The minimum absolute atomic E-state index is 0.279. The number of hydrogen-bond donors (Lipinski definition) is 2. The van der Waals surface area contributed by atoms with Gasteiger partial charge in [0.25, 0.3) is 11.1 Å². The maximum absolute atomic E-state index is 12.3. The van der Waals surface area contributed by atoms with Gasteiger partial charge in [0.2, 0.25) is 5.91 Å². The van der Waals surface area contributed by atoms with Crippen molar-refractivity contribution >= 4 is 52.2 Å². The summed E-state index contributed by atoms with van der Waals surface area (Å²) < 4.78 is 0. The van der Waals surface area contributed by atoms with Gasteiger partial charge in [-0.25, -0.2) is 0 Å². The van der Waals surface area contributed by atoms with Gasteiger partial charge in [-0.2, -0.15) is 0 Å². The van der Waals surface area contributed by atoms with Crippen molar-refractivity contribution in [2.24, 2.45) is 0 Å². The number of thioether (sulfide) groups is 1. The van der Waals surface area contributed by atoms with E-state index in [1.165, 1.54) is 0 Å². The molecule has 3 rings (SSSR count). The van der Waals surface area contributed by atoms with Gasteiger partial charge in [0.15, 0.2) is 0 Å². The van der Waals surface area contributed by atoms with Crippen LogP contribution in [0.3, 0.4) is 0 Å². The molecule has 2 aromatic rings. The molecule has 2 heterocycles. The number of nitrogens with zero attached hydrogens (tertiary/aromatic N) is 1. The van der Waals surface area contributed by atoms with Crippen LogP contribution in [-0.2, 0) is 9.59 Å². The van der Waals surface area contributed by atoms with Crippen LogP contribution >= 0.6 is 23.4 Å². The van der Waals surface area contributed by atoms with E-state index in [2.05, 4.69) is 10.3 Å². The molecule has 8 heteroatoms. The molecule has 0 atom stereocenters. The molecule has 0 unspecified atom stereocenters. The molecule has 0 spiro atoms. The van der Waals surface area contributed by atoms with Crippen LogP contribution in [0.1, 0.15) is 5.69 Å². The lowest BCUT2D eigenvalue weighted by molar-refractivity contribution is -0.127. The molecule has 1 fully saturated rings. The number of carbonyl (C=O) groups is 3. The van der Waals surface area contributed by atoms with Crippen LogP contribution in [-0.4, -0.2) is 33.5 Å². The summed E-state index contributed by atoms with van der Waals surface area (Å²) in [5, 5.41) is 2.70. The molecule has 1 aromatic heterocycles. The first kappa shape index (κ1) is 16.4. The Morgan fingerprint density at radius 3 is 2.67 bits per heavy atom. The maximum atomic E-state index is 12.3. The number of aromatic nitrogens is 1. The Kier molecular flexibility index (Phi) is 4.73. The highest BCUT2D eigenvalue weighted by Crippen LogP contribution is 2.31. The minimum Gasteiger partial charge on any atom is -0.362 e. The SMILES string of the molecule is O=C(CN1C(=O)S/C(=C/c2ccc[nH]2)C1=O)Nc1ccc(Cl)cc1. The fourth-order valence-electron chi connectivity index (χ4n) is 2.09. The van der Waals surface area contributed by atoms with Crippen LogP contribution in [0.2, 0.25) is 5.02 Å². The molecule has 1 aromatic carbocycles. The third-order valence-corrected chi connectivity index (χ3v) is 4.37. The van der Waals surface area contributed by atoms with Gasteiger partial charge in [0.1, 0.15) is 6.54 Å². The fraction of sp³-hybridized carbons (Fsp3) is 0.0625. The number of H-pyrrole nitrogens is 1. The van der Waals surface area contributed by atoms with Crippen LogP contribution in [0.5, 0.6) is 0 Å². The smallest absolute Gasteiger partial charge is 0.294 e. The molecule has 0 bridgehead atoms. The average Bonchev–Trinajstić information content (AvgIpc) is 3.14. The molecule has 0 saturated carbocycles. The zero-order valence-electron chi connectivity index (χ0n) is 12.3. The van der Waals surface area contributed by atoms with Gasteiger partial charge in [-0.05, 0) is 54.2 Å². The van der Waals surface area contributed by atoms with Crippen LogP contribution in [0.15, 0.2) is 47.5 Å². The van der Waals surface area contributed by atoms with Crippen LogP contribution in [0.4, 0.5) is 10.5 Å². The van der Waals surface area contributed by atoms with Gasteiger partial charge < -0.3 is 10.3 Å². The zero-order valence-corrected chi connectivity index (χ0v) is 13.9. The van der Waals surface area contributed by atoms with E-state index in [0.29, 0.717) is 16.4 Å². The van der Waals surface area contributed by atoms with Crippen molar-refractivity contribution in [1.82, 2.24) is 9.88 Å². The van der Waals surface area contributed by atoms with Gasteiger partial charge in [-0.1, -0.05) is 11.6 Å². The number of amides is 3. The third-order valence-electron chi connectivity index (χ3n) is 3.21. The summed E-state index contributed by atoms with van der Waals surface area (Å²) in [6, 6.07) is 10.1. The topological polar surface area (TPSA) is 82.3 Å². The second kappa shape index (κ2) is 6.94. The lowest BCUT2D eigenvalue weighted by Crippen LogP contribution is -2.36. The summed E-state index contributed by atoms with van der Waals surface area (Å²) >= 11 is 6.59. The Morgan fingerprint density at radius 2 is 2.00 bits per heavy atom. The van der Waals surface area contributed by atoms with E-state index < -0.39 is 17.1 Å². The number of imide groups is 1. The van der Waals surface area contributed by atoms with E-state index in [1.807, 2.05) is 0 Å². The highest BCUT2D eigenvalue weighted by atomic mass is 35.5. The first-order valence-corrected chi connectivity index (χ1v) is 8.16. The molecule has 122 valence electrons. The Balaban J connectivity index is 1.66. The molecule has 1 aliphatic rings. The number of halogens is 1. The zero-order chi connectivity index (χ0) is 17.1. The lowest BCUT2D eigenvalue weighted by Gasteiger charge is -2.12. The van der Waals surface area contributed by atoms with E-state index in [0.717, 1.165) is 16.7 Å². The highest BCUT2D eigenvalue weighted by molar-refractivity contribution is 8.18. The standard InChI is InChI=1S/C16H12ClN3O3S/c17-10-3-5-11(6-4-10)19-14(21)9-20-15(22)13(24-16(20)23)8-12-2-1-7-18-12/h1-8,18H,9H2,(H,19,21)/b13-8+. The van der Waals surface area contributed by atoms with Crippen molar-refractivity contribution in [2.45, 2.75) is 0 Å². The summed E-state index contributed by atoms with van der Waals surface area (Å²) in [5.41, 5.74) is 1.25. The van der Waals surface area contributed by atoms with Crippen molar-refractivity contribution in [3.63, 3.8) is 0 Å². The van der Waals surface area contributed by atoms with Crippen LogP contribution in [0.25, 0.3) is 6.08 Å². The Hall–Kier alpha value is -2.51. The summed E-state index contributed by atoms with van der Waals surface area (Å²) in [7, 11) is 0. The monoisotopic (exact) mass is 361 g/mol. The maximum Gasteiger partial charge on any atom is 0.294 e. The molecule has 2 N–H and O–H groups in total. The van der Waals surface area contributed by atoms with E-state index >= 15 is 0 Å². The summed E-state index contributed by atoms with van der Waals surface area (Å²) in [5.74, 6) is -0.938. The van der Waals surface area contributed by atoms with Gasteiger partial charge in [0, 0.05) is 22.6 Å². The normalized spacial score (nSPS) is 16.0. The molecule has 1 aliphatic heterocycles. The third kappa shape index (κ3) is 3.69. The van der Waals surface area contributed by atoms with Crippen molar-refractivity contribution in [3.8, 4) is 0 Å². The second-order valence-corrected chi connectivity index (χ2v) is 6.38. The number of benzene rings is 1. The fourth-order valence-corrected chi connectivity index (χ4v) is 3.04. The van der Waals surface area contributed by atoms with Gasteiger partial charge in [0.05, 0.1) is 4.91 Å². The molecule has 0 radical (unpaired) electrons. The molecular weight excluding hydrogens is 350 g/mol. The largest absolute Gasteiger partial charge is 0.362 e. The molecule has 0 aliphatic carbocycles. The number of rotatable bonds is 4. The number of aromatic amines is 1. The van der Waals surface area contributed by atoms with Crippen molar-refractivity contribution in [2.75, 3.05) is 11.9 Å². The summed E-state index contributed by atoms with van der Waals surface area (Å²) in [6.45, 7) is -0.338. The Morgan fingerprint density at radius 1 is 1.25 bits per heavy atom. The van der Waals surface area contributed by atoms with Crippen molar-refractivity contribution < 1.29 is 14.4 Å². The molecular formula is C16H12ClN3O3S. The summed E-state index contributed by atoms with van der Waals surface area (Å²) in [6.07, 6.45) is 3.30. The summed E-state index contributed by atoms with van der Waals surface area (Å²) in [4.78, 5) is 40.4. The van der Waals surface area contributed by atoms with Crippen LogP contribution < -0.4 is 5.32 Å². The van der Waals surface area contributed by atoms with Gasteiger partial charge >= 0.3 is 0 Å². The predicted octanol–water partition coefficient (Wildman–Crippen LogP) is 3.34. The van der Waals surface area contributed by atoms with Gasteiger partial charge in [-0.3, -0.25) is 19.3 Å². The van der Waals surface area contributed by atoms with E-state index in [4.69, 9.17) is 11.6 Å². The van der Waals surface area contributed by atoms with Crippen molar-refractivity contribution in [1.29, 1.82) is 0 Å². The predicted molar refractivity (Wildman–Crippen MR) is 93.6 cm³/mol.